The van der Waals surface area contributed by atoms with E-state index in [0.717, 1.165) is 51.0 Å². The van der Waals surface area contributed by atoms with Crippen LogP contribution in [0.3, 0.4) is 0 Å². The van der Waals surface area contributed by atoms with Gasteiger partial charge in [-0.25, -0.2) is 15.4 Å². The second-order valence-electron chi connectivity index (χ2n) is 7.20. The molecule has 0 saturated heterocycles. The third-order valence-electron chi connectivity index (χ3n) is 5.30. The van der Waals surface area contributed by atoms with Gasteiger partial charge in [-0.05, 0) is 35.9 Å². The molecular weight excluding hydrogens is 392 g/mol. The van der Waals surface area contributed by atoms with Crippen LogP contribution in [0.5, 0.6) is 11.5 Å². The Balaban J connectivity index is 1.43. The largest absolute Gasteiger partial charge is 0.497 e. The van der Waals surface area contributed by atoms with E-state index >= 15 is 0 Å². The maximum atomic E-state index is 5.37. The first-order valence-corrected chi connectivity index (χ1v) is 9.91. The summed E-state index contributed by atoms with van der Waals surface area (Å²) in [4.78, 5) is 13.6. The van der Waals surface area contributed by atoms with Gasteiger partial charge >= 0.3 is 0 Å². The van der Waals surface area contributed by atoms with Crippen molar-refractivity contribution in [3.63, 3.8) is 0 Å². The lowest BCUT2D eigenvalue weighted by molar-refractivity contribution is 0.342. The van der Waals surface area contributed by atoms with Crippen LogP contribution < -0.4 is 20.2 Å². The zero-order valence-electron chi connectivity index (χ0n) is 17.3. The van der Waals surface area contributed by atoms with E-state index in [-0.39, 0.29) is 0 Å². The van der Waals surface area contributed by atoms with Crippen molar-refractivity contribution in [2.45, 2.75) is 6.54 Å². The number of hydrazine groups is 1. The summed E-state index contributed by atoms with van der Waals surface area (Å²) < 4.78 is 10.7. The average molecular weight is 414 g/mol. The third kappa shape index (κ3) is 3.69. The number of nitrogens with one attached hydrogen (secondary N) is 2. The van der Waals surface area contributed by atoms with Gasteiger partial charge in [0, 0.05) is 41.7 Å². The molecule has 4 heterocycles. The van der Waals surface area contributed by atoms with Gasteiger partial charge in [-0.2, -0.15) is 0 Å². The number of hydrogen-bond donors (Lipinski definition) is 2. The van der Waals surface area contributed by atoms with Crippen molar-refractivity contribution in [3.05, 3.63) is 71.7 Å². The third-order valence-corrected chi connectivity index (χ3v) is 5.30. The Morgan fingerprint density at radius 2 is 1.90 bits per heavy atom. The molecule has 1 aromatic carbocycles. The standard InChI is InChI=1S/C23H22N6O2/c1-30-16-8-15(9-17(10-16)31-2)11-27-29-13-20-18-5-7-24-12-21(18)28-23-19(4-3-6-25-23)22(20)26-14-29/h3-10,12,14,27H,11,13H2,1-2H3,(H,25,28). The van der Waals surface area contributed by atoms with Crippen LogP contribution in [0.1, 0.15) is 16.7 Å². The molecule has 156 valence electrons. The highest BCUT2D eigenvalue weighted by molar-refractivity contribution is 6.03. The Labute approximate surface area is 180 Å². The zero-order valence-corrected chi connectivity index (χ0v) is 17.3. The number of ether oxygens (including phenoxy) is 2. The van der Waals surface area contributed by atoms with Crippen LogP contribution in [0.4, 0.5) is 11.5 Å². The van der Waals surface area contributed by atoms with Crippen molar-refractivity contribution in [2.24, 2.45) is 4.99 Å². The number of fused-ring (bicyclic) bond motifs is 4. The Morgan fingerprint density at radius 3 is 2.71 bits per heavy atom. The Morgan fingerprint density at radius 1 is 1.06 bits per heavy atom. The first-order chi connectivity index (χ1) is 15.2. The second-order valence-corrected chi connectivity index (χ2v) is 7.20. The average Bonchev–Trinajstić information content (AvgIpc) is 2.96. The highest BCUT2D eigenvalue weighted by Gasteiger charge is 2.25. The molecule has 0 unspecified atom stereocenters. The molecule has 31 heavy (non-hydrogen) atoms. The summed E-state index contributed by atoms with van der Waals surface area (Å²) in [5.74, 6) is 2.30. The molecule has 2 N–H and O–H groups in total. The van der Waals surface area contributed by atoms with E-state index in [9.17, 15) is 0 Å². The van der Waals surface area contributed by atoms with Gasteiger partial charge in [0.05, 0.1) is 38.3 Å². The zero-order chi connectivity index (χ0) is 21.2. The molecule has 2 aliphatic rings. The number of aliphatic imine (C=N–C) groups is 1. The summed E-state index contributed by atoms with van der Waals surface area (Å²) in [5.41, 5.74) is 9.46. The Kier molecular flexibility index (Phi) is 4.97. The van der Waals surface area contributed by atoms with Crippen molar-refractivity contribution < 1.29 is 9.47 Å². The number of aromatic nitrogens is 2. The molecule has 3 aromatic rings. The van der Waals surface area contributed by atoms with Crippen LogP contribution in [-0.2, 0) is 6.54 Å². The van der Waals surface area contributed by atoms with Crippen LogP contribution in [0.15, 0.2) is 60.0 Å². The smallest absolute Gasteiger partial charge is 0.139 e. The lowest BCUT2D eigenvalue weighted by Gasteiger charge is -2.27. The van der Waals surface area contributed by atoms with Gasteiger partial charge in [0.15, 0.2) is 0 Å². The van der Waals surface area contributed by atoms with E-state index in [1.807, 2.05) is 53.9 Å². The molecule has 0 aliphatic carbocycles. The van der Waals surface area contributed by atoms with Crippen LogP contribution in [0.2, 0.25) is 0 Å². The summed E-state index contributed by atoms with van der Waals surface area (Å²) in [6.07, 6.45) is 7.21. The molecule has 5 rings (SSSR count). The topological polar surface area (TPSA) is 83.9 Å². The Hall–Kier alpha value is -3.91. The summed E-state index contributed by atoms with van der Waals surface area (Å²) >= 11 is 0. The van der Waals surface area contributed by atoms with Gasteiger partial charge in [0.2, 0.25) is 0 Å². The lowest BCUT2D eigenvalue weighted by Crippen LogP contribution is -2.39. The van der Waals surface area contributed by atoms with E-state index in [2.05, 4.69) is 20.7 Å². The van der Waals surface area contributed by atoms with Gasteiger partial charge in [-0.3, -0.25) is 9.99 Å². The molecule has 0 saturated carbocycles. The second kappa shape index (κ2) is 8.08. The van der Waals surface area contributed by atoms with E-state index in [1.54, 1.807) is 26.6 Å². The minimum Gasteiger partial charge on any atom is -0.497 e. The molecule has 8 nitrogen and oxygen atoms in total. The summed E-state index contributed by atoms with van der Waals surface area (Å²) in [6, 6.07) is 11.8. The number of anilines is 2. The first kappa shape index (κ1) is 19.1. The molecule has 2 aromatic heterocycles. The normalized spacial score (nSPS) is 14.2. The van der Waals surface area contributed by atoms with Crippen LogP contribution >= 0.6 is 0 Å². The molecule has 0 atom stereocenters. The first-order valence-electron chi connectivity index (χ1n) is 9.91. The number of hydrogen-bond acceptors (Lipinski definition) is 8. The fraction of sp³-hybridized carbons (Fsp3) is 0.174. The predicted molar refractivity (Wildman–Crippen MR) is 120 cm³/mol. The molecule has 0 radical (unpaired) electrons. The minimum absolute atomic E-state index is 0.599. The van der Waals surface area contributed by atoms with E-state index < -0.39 is 0 Å². The van der Waals surface area contributed by atoms with Crippen molar-refractivity contribution in [1.82, 2.24) is 20.4 Å². The van der Waals surface area contributed by atoms with Gasteiger partial charge in [0.1, 0.15) is 23.7 Å². The highest BCUT2D eigenvalue weighted by Crippen LogP contribution is 2.40. The number of benzene rings is 1. The molecular formula is C23H22N6O2. The fourth-order valence-corrected chi connectivity index (χ4v) is 3.77. The van der Waals surface area contributed by atoms with Crippen molar-refractivity contribution in [1.29, 1.82) is 0 Å². The number of rotatable bonds is 5. The van der Waals surface area contributed by atoms with Crippen molar-refractivity contribution in [2.75, 3.05) is 26.1 Å². The lowest BCUT2D eigenvalue weighted by atomic mass is 10.0. The van der Waals surface area contributed by atoms with E-state index in [0.29, 0.717) is 13.1 Å². The molecule has 0 spiro atoms. The van der Waals surface area contributed by atoms with E-state index in [4.69, 9.17) is 14.5 Å². The maximum Gasteiger partial charge on any atom is 0.139 e. The SMILES string of the molecule is COc1cc(CNN2C=NC3=C(C2)c2ccncc2Nc2ncccc23)cc(OC)c1. The van der Waals surface area contributed by atoms with Gasteiger partial charge in [-0.15, -0.1) is 0 Å². The van der Waals surface area contributed by atoms with Crippen LogP contribution in [0, 0.1) is 0 Å². The van der Waals surface area contributed by atoms with Crippen LogP contribution in [-0.4, -0.2) is 42.1 Å². The quantitative estimate of drug-likeness (QED) is 0.661. The van der Waals surface area contributed by atoms with Gasteiger partial charge < -0.3 is 14.8 Å². The van der Waals surface area contributed by atoms with Gasteiger partial charge in [0.25, 0.3) is 0 Å². The summed E-state index contributed by atoms with van der Waals surface area (Å²) in [7, 11) is 3.30. The molecule has 2 aliphatic heterocycles. The fourth-order valence-electron chi connectivity index (χ4n) is 3.77. The monoisotopic (exact) mass is 414 g/mol. The maximum absolute atomic E-state index is 5.37. The number of pyridine rings is 2. The van der Waals surface area contributed by atoms with Crippen LogP contribution in [0.25, 0.3) is 11.3 Å². The predicted octanol–water partition coefficient (Wildman–Crippen LogP) is 3.47. The Bertz CT molecular complexity index is 1170. The summed E-state index contributed by atoms with van der Waals surface area (Å²) in [6.45, 7) is 1.24. The minimum atomic E-state index is 0.599. The molecule has 0 fully saturated rings. The van der Waals surface area contributed by atoms with Gasteiger partial charge in [-0.1, -0.05) is 0 Å². The molecule has 8 heteroatoms. The van der Waals surface area contributed by atoms with E-state index in [1.165, 1.54) is 0 Å². The molecule has 0 bridgehead atoms. The molecule has 0 amide bonds. The highest BCUT2D eigenvalue weighted by atomic mass is 16.5. The number of nitrogens with zero attached hydrogens (tertiary/aromatic N) is 4. The van der Waals surface area contributed by atoms with Crippen molar-refractivity contribution in [3.8, 4) is 11.5 Å². The number of methoxy groups -OCH3 is 2. The van der Waals surface area contributed by atoms with Crippen molar-refractivity contribution >= 4 is 29.1 Å². The summed E-state index contributed by atoms with van der Waals surface area (Å²) in [5, 5.41) is 5.38.